The van der Waals surface area contributed by atoms with Gasteiger partial charge in [-0.05, 0) is 62.6 Å². The first-order chi connectivity index (χ1) is 16.2. The number of carbonyl (C=O) groups excluding carboxylic acids is 1. The van der Waals surface area contributed by atoms with Crippen molar-refractivity contribution in [3.8, 4) is 17.3 Å². The third-order valence-corrected chi connectivity index (χ3v) is 5.12. The SMILES string of the molecule is CC(C)(C)OC(=O)N[C@@H](Cc1ccccc1)[C@@H](C#N)c1cc(-c2ccccn2)ccc1C(=O)O. The molecule has 7 nitrogen and oxygen atoms in total. The summed E-state index contributed by atoms with van der Waals surface area (Å²) in [5.41, 5.74) is 1.79. The summed E-state index contributed by atoms with van der Waals surface area (Å²) in [5, 5.41) is 22.8. The minimum atomic E-state index is -1.15. The Labute approximate surface area is 199 Å². The van der Waals surface area contributed by atoms with Crippen molar-refractivity contribution in [3.05, 3.63) is 89.6 Å². The lowest BCUT2D eigenvalue weighted by Gasteiger charge is -2.27. The molecule has 0 aliphatic heterocycles. The van der Waals surface area contributed by atoms with Crippen LogP contribution in [0, 0.1) is 11.3 Å². The average Bonchev–Trinajstić information content (AvgIpc) is 2.79. The molecule has 0 aliphatic carbocycles. The molecule has 7 heteroatoms. The van der Waals surface area contributed by atoms with E-state index in [1.165, 1.54) is 6.07 Å². The summed E-state index contributed by atoms with van der Waals surface area (Å²) in [7, 11) is 0. The van der Waals surface area contributed by atoms with E-state index in [0.29, 0.717) is 23.2 Å². The molecule has 2 N–H and O–H groups in total. The Morgan fingerprint density at radius 3 is 2.38 bits per heavy atom. The Morgan fingerprint density at radius 2 is 1.79 bits per heavy atom. The van der Waals surface area contributed by atoms with Crippen LogP contribution in [0.3, 0.4) is 0 Å². The van der Waals surface area contributed by atoms with Gasteiger partial charge in [0, 0.05) is 11.8 Å². The van der Waals surface area contributed by atoms with E-state index in [4.69, 9.17) is 4.74 Å². The molecule has 0 saturated heterocycles. The fraction of sp³-hybridized carbons (Fsp3) is 0.259. The summed E-state index contributed by atoms with van der Waals surface area (Å²) in [6.07, 6.45) is 1.28. The number of benzene rings is 2. The van der Waals surface area contributed by atoms with Gasteiger partial charge in [0.15, 0.2) is 0 Å². The Morgan fingerprint density at radius 1 is 1.09 bits per heavy atom. The second-order valence-corrected chi connectivity index (χ2v) is 8.87. The second kappa shape index (κ2) is 10.6. The van der Waals surface area contributed by atoms with Crippen LogP contribution in [0.25, 0.3) is 11.3 Å². The van der Waals surface area contributed by atoms with Crippen LogP contribution in [0.4, 0.5) is 4.79 Å². The lowest BCUT2D eigenvalue weighted by molar-refractivity contribution is 0.0500. The number of nitrogens with one attached hydrogen (secondary N) is 1. The van der Waals surface area contributed by atoms with Gasteiger partial charge in [-0.3, -0.25) is 4.98 Å². The largest absolute Gasteiger partial charge is 0.478 e. The standard InChI is InChI=1S/C27H27N3O4/c1-27(2,3)34-26(33)30-24(15-18-9-5-4-6-10-18)22(17-28)21-16-19(12-13-20(21)25(31)32)23-11-7-8-14-29-23/h4-14,16,22,24H,15H2,1-3H3,(H,30,33)(H,31,32)/t22-,24-/m0/s1. The quantitative estimate of drug-likeness (QED) is 0.505. The van der Waals surface area contributed by atoms with Gasteiger partial charge in [0.2, 0.25) is 0 Å². The average molecular weight is 458 g/mol. The Kier molecular flexibility index (Phi) is 7.64. The smallest absolute Gasteiger partial charge is 0.407 e. The molecular weight excluding hydrogens is 430 g/mol. The van der Waals surface area contributed by atoms with Crippen LogP contribution < -0.4 is 5.32 Å². The van der Waals surface area contributed by atoms with E-state index in [-0.39, 0.29) is 5.56 Å². The highest BCUT2D eigenvalue weighted by atomic mass is 16.6. The number of aromatic carboxylic acids is 1. The monoisotopic (exact) mass is 457 g/mol. The topological polar surface area (TPSA) is 112 Å². The van der Waals surface area contributed by atoms with Crippen molar-refractivity contribution in [2.45, 2.75) is 44.8 Å². The number of aromatic nitrogens is 1. The third kappa shape index (κ3) is 6.42. The van der Waals surface area contributed by atoms with Crippen LogP contribution in [0.15, 0.2) is 72.9 Å². The first kappa shape index (κ1) is 24.5. The van der Waals surface area contributed by atoms with Crippen molar-refractivity contribution in [2.75, 3.05) is 0 Å². The van der Waals surface area contributed by atoms with Gasteiger partial charge in [0.05, 0.1) is 29.3 Å². The van der Waals surface area contributed by atoms with Crippen molar-refractivity contribution in [3.63, 3.8) is 0 Å². The number of carbonyl (C=O) groups is 2. The summed E-state index contributed by atoms with van der Waals surface area (Å²) >= 11 is 0. The van der Waals surface area contributed by atoms with Gasteiger partial charge in [-0.15, -0.1) is 0 Å². The molecule has 2 atom stereocenters. The van der Waals surface area contributed by atoms with Gasteiger partial charge in [-0.1, -0.05) is 42.5 Å². The number of nitrogens with zero attached hydrogens (tertiary/aromatic N) is 2. The Bertz CT molecular complexity index is 1180. The number of alkyl carbamates (subject to hydrolysis) is 1. The fourth-order valence-corrected chi connectivity index (χ4v) is 3.66. The van der Waals surface area contributed by atoms with Crippen molar-refractivity contribution in [2.24, 2.45) is 0 Å². The molecule has 1 amide bonds. The highest BCUT2D eigenvalue weighted by molar-refractivity contribution is 5.91. The van der Waals surface area contributed by atoms with Gasteiger partial charge in [0.1, 0.15) is 5.60 Å². The maximum absolute atomic E-state index is 12.6. The number of carboxylic acid groups (broad SMARTS) is 1. The molecule has 3 aromatic rings. The highest BCUT2D eigenvalue weighted by Crippen LogP contribution is 2.30. The molecule has 174 valence electrons. The van der Waals surface area contributed by atoms with Gasteiger partial charge in [-0.25, -0.2) is 9.59 Å². The molecule has 34 heavy (non-hydrogen) atoms. The molecule has 0 aliphatic rings. The summed E-state index contributed by atoms with van der Waals surface area (Å²) in [6.45, 7) is 5.25. The number of pyridine rings is 1. The molecule has 0 fully saturated rings. The molecule has 0 bridgehead atoms. The second-order valence-electron chi connectivity index (χ2n) is 8.87. The first-order valence-electron chi connectivity index (χ1n) is 10.9. The molecule has 0 radical (unpaired) electrons. The van der Waals surface area contributed by atoms with Gasteiger partial charge < -0.3 is 15.2 Å². The molecule has 0 saturated carbocycles. The zero-order valence-electron chi connectivity index (χ0n) is 19.4. The minimum absolute atomic E-state index is 0.00437. The number of hydrogen-bond donors (Lipinski definition) is 2. The molecule has 0 spiro atoms. The van der Waals surface area contributed by atoms with Crippen LogP contribution in [-0.4, -0.2) is 33.8 Å². The maximum Gasteiger partial charge on any atom is 0.407 e. The lowest BCUT2D eigenvalue weighted by Crippen LogP contribution is -2.43. The Hall–Kier alpha value is -4.18. The van der Waals surface area contributed by atoms with Crippen LogP contribution in [-0.2, 0) is 11.2 Å². The molecular formula is C27H27N3O4. The van der Waals surface area contributed by atoms with E-state index >= 15 is 0 Å². The summed E-state index contributed by atoms with van der Waals surface area (Å²) in [5.74, 6) is -2.11. The van der Waals surface area contributed by atoms with E-state index in [9.17, 15) is 20.0 Å². The zero-order valence-corrected chi connectivity index (χ0v) is 19.4. The molecule has 0 unspecified atom stereocenters. The molecule has 1 aromatic heterocycles. The van der Waals surface area contributed by atoms with E-state index < -0.39 is 29.6 Å². The normalized spacial score (nSPS) is 12.8. The van der Waals surface area contributed by atoms with E-state index in [2.05, 4.69) is 16.4 Å². The van der Waals surface area contributed by atoms with Crippen LogP contribution in [0.1, 0.15) is 48.2 Å². The fourth-order valence-electron chi connectivity index (χ4n) is 3.66. The number of hydrogen-bond acceptors (Lipinski definition) is 5. The Balaban J connectivity index is 2.06. The zero-order chi connectivity index (χ0) is 24.7. The van der Waals surface area contributed by atoms with Crippen molar-refractivity contribution in [1.29, 1.82) is 5.26 Å². The highest BCUT2D eigenvalue weighted by Gasteiger charge is 2.31. The van der Waals surface area contributed by atoms with E-state index in [0.717, 1.165) is 5.56 Å². The van der Waals surface area contributed by atoms with Crippen molar-refractivity contribution >= 4 is 12.1 Å². The number of rotatable bonds is 7. The predicted molar refractivity (Wildman–Crippen MR) is 128 cm³/mol. The number of ether oxygens (including phenoxy) is 1. The van der Waals surface area contributed by atoms with Crippen molar-refractivity contribution in [1.82, 2.24) is 10.3 Å². The molecule has 3 rings (SSSR count). The number of carboxylic acids is 1. The van der Waals surface area contributed by atoms with Crippen molar-refractivity contribution < 1.29 is 19.4 Å². The number of nitriles is 1. The van der Waals surface area contributed by atoms with Gasteiger partial charge in [0.25, 0.3) is 0 Å². The predicted octanol–water partition coefficient (Wildman–Crippen LogP) is 5.19. The molecule has 1 heterocycles. The lowest BCUT2D eigenvalue weighted by atomic mass is 9.84. The van der Waals surface area contributed by atoms with Gasteiger partial charge in [-0.2, -0.15) is 5.26 Å². The molecule has 2 aromatic carbocycles. The first-order valence-corrected chi connectivity index (χ1v) is 10.9. The van der Waals surface area contributed by atoms with Crippen LogP contribution >= 0.6 is 0 Å². The third-order valence-electron chi connectivity index (χ3n) is 5.12. The van der Waals surface area contributed by atoms with Crippen LogP contribution in [0.2, 0.25) is 0 Å². The minimum Gasteiger partial charge on any atom is -0.478 e. The summed E-state index contributed by atoms with van der Waals surface area (Å²) in [4.78, 5) is 29.0. The summed E-state index contributed by atoms with van der Waals surface area (Å²) < 4.78 is 5.42. The summed E-state index contributed by atoms with van der Waals surface area (Å²) in [6, 6.07) is 21.1. The van der Waals surface area contributed by atoms with Gasteiger partial charge >= 0.3 is 12.1 Å². The van der Waals surface area contributed by atoms with E-state index in [1.54, 1.807) is 51.2 Å². The number of amides is 1. The maximum atomic E-state index is 12.6. The van der Waals surface area contributed by atoms with Crippen LogP contribution in [0.5, 0.6) is 0 Å². The van der Waals surface area contributed by atoms with E-state index in [1.807, 2.05) is 36.4 Å².